The first-order valence-electron chi connectivity index (χ1n) is 7.29. The molecule has 0 radical (unpaired) electrons. The molecule has 0 amide bonds. The van der Waals surface area contributed by atoms with Crippen molar-refractivity contribution in [2.75, 3.05) is 13.2 Å². The van der Waals surface area contributed by atoms with Gasteiger partial charge in [0.2, 0.25) is 0 Å². The van der Waals surface area contributed by atoms with Gasteiger partial charge in [0.15, 0.2) is 18.2 Å². The van der Waals surface area contributed by atoms with Crippen LogP contribution in [0.4, 0.5) is 4.39 Å². The van der Waals surface area contributed by atoms with Crippen molar-refractivity contribution in [2.45, 2.75) is 46.3 Å². The monoisotopic (exact) mass is 297 g/mol. The average molecular weight is 297 g/mol. The molecule has 118 valence electrons. The van der Waals surface area contributed by atoms with Crippen LogP contribution in [0.3, 0.4) is 0 Å². The highest BCUT2D eigenvalue weighted by Gasteiger charge is 2.12. The second-order valence-electron chi connectivity index (χ2n) is 5.19. The van der Waals surface area contributed by atoms with E-state index < -0.39 is 11.8 Å². The van der Waals surface area contributed by atoms with Crippen LogP contribution in [-0.4, -0.2) is 25.2 Å². The number of carbonyl (C=O) groups is 1. The Kier molecular flexibility index (Phi) is 7.15. The Labute approximate surface area is 125 Å². The number of rotatable bonds is 8. The fraction of sp³-hybridized carbons (Fsp3) is 0.562. The smallest absolute Gasteiger partial charge is 0.344 e. The summed E-state index contributed by atoms with van der Waals surface area (Å²) in [6.07, 6.45) is 0.810. The van der Waals surface area contributed by atoms with Crippen LogP contribution in [0.5, 0.6) is 5.75 Å². The number of hydrogen-bond acceptors (Lipinski definition) is 4. The zero-order valence-electron chi connectivity index (χ0n) is 13.1. The molecule has 5 heteroatoms. The third-order valence-corrected chi connectivity index (χ3v) is 2.87. The Morgan fingerprint density at radius 1 is 1.33 bits per heavy atom. The molecule has 0 heterocycles. The summed E-state index contributed by atoms with van der Waals surface area (Å²) < 4.78 is 24.0. The normalized spacial score (nSPS) is 12.3. The van der Waals surface area contributed by atoms with Crippen LogP contribution < -0.4 is 10.1 Å². The zero-order chi connectivity index (χ0) is 15.8. The van der Waals surface area contributed by atoms with E-state index in [1.165, 1.54) is 12.1 Å². The predicted molar refractivity (Wildman–Crippen MR) is 79.8 cm³/mol. The molecule has 1 N–H and O–H groups in total. The summed E-state index contributed by atoms with van der Waals surface area (Å²) >= 11 is 0. The Morgan fingerprint density at radius 2 is 2.05 bits per heavy atom. The third-order valence-electron chi connectivity index (χ3n) is 2.87. The second kappa shape index (κ2) is 8.62. The number of nitrogens with one attached hydrogen (secondary N) is 1. The molecule has 0 saturated carbocycles. The fourth-order valence-electron chi connectivity index (χ4n) is 1.82. The summed E-state index contributed by atoms with van der Waals surface area (Å²) in [6.45, 7) is 8.13. The van der Waals surface area contributed by atoms with Crippen molar-refractivity contribution >= 4 is 5.97 Å². The third kappa shape index (κ3) is 6.12. The molecule has 0 fully saturated rings. The average Bonchev–Trinajstić information content (AvgIpc) is 2.42. The Balaban J connectivity index is 2.59. The van der Waals surface area contributed by atoms with E-state index in [0.29, 0.717) is 0 Å². The molecule has 0 spiro atoms. The van der Waals surface area contributed by atoms with E-state index in [4.69, 9.17) is 9.47 Å². The summed E-state index contributed by atoms with van der Waals surface area (Å²) in [5.74, 6) is -0.927. The topological polar surface area (TPSA) is 47.6 Å². The molecule has 1 unspecified atom stereocenters. The van der Waals surface area contributed by atoms with Gasteiger partial charge in [0, 0.05) is 6.04 Å². The number of ether oxygens (including phenoxy) is 2. The van der Waals surface area contributed by atoms with Crippen molar-refractivity contribution in [3.63, 3.8) is 0 Å². The van der Waals surface area contributed by atoms with Crippen molar-refractivity contribution in [3.05, 3.63) is 29.6 Å². The van der Waals surface area contributed by atoms with Crippen LogP contribution in [0.2, 0.25) is 0 Å². The van der Waals surface area contributed by atoms with E-state index in [1.807, 2.05) is 6.92 Å². The maximum absolute atomic E-state index is 13.9. The lowest BCUT2D eigenvalue weighted by molar-refractivity contribution is -0.149. The van der Waals surface area contributed by atoms with E-state index in [9.17, 15) is 9.18 Å². The first kappa shape index (κ1) is 17.4. The molecule has 0 aliphatic heterocycles. The van der Waals surface area contributed by atoms with Gasteiger partial charge in [0.1, 0.15) is 0 Å². The summed E-state index contributed by atoms with van der Waals surface area (Å²) in [4.78, 5) is 11.4. The lowest BCUT2D eigenvalue weighted by Crippen LogP contribution is -2.20. The predicted octanol–water partition coefficient (Wildman–Crippen LogP) is 3.22. The van der Waals surface area contributed by atoms with Crippen molar-refractivity contribution in [1.29, 1.82) is 0 Å². The molecule has 0 saturated heterocycles. The molecule has 1 rings (SSSR count). The molecule has 0 bridgehead atoms. The minimum absolute atomic E-state index is 0.0575. The van der Waals surface area contributed by atoms with Crippen LogP contribution in [0, 0.1) is 5.82 Å². The maximum Gasteiger partial charge on any atom is 0.344 e. The summed E-state index contributed by atoms with van der Waals surface area (Å²) in [6, 6.07) is 4.83. The SMILES string of the molecule is CCCNC(C)c1ccc(OCC(=O)OC(C)C)c(F)c1. The van der Waals surface area contributed by atoms with Gasteiger partial charge in [-0.25, -0.2) is 9.18 Å². The van der Waals surface area contributed by atoms with E-state index >= 15 is 0 Å². The number of carbonyl (C=O) groups excluding carboxylic acids is 1. The van der Waals surface area contributed by atoms with Crippen molar-refractivity contribution in [2.24, 2.45) is 0 Å². The molecular weight excluding hydrogens is 273 g/mol. The van der Waals surface area contributed by atoms with Gasteiger partial charge < -0.3 is 14.8 Å². The van der Waals surface area contributed by atoms with Crippen LogP contribution in [0.1, 0.15) is 45.7 Å². The zero-order valence-corrected chi connectivity index (χ0v) is 13.1. The highest BCUT2D eigenvalue weighted by Crippen LogP contribution is 2.22. The number of benzene rings is 1. The van der Waals surface area contributed by atoms with Gasteiger partial charge in [-0.2, -0.15) is 0 Å². The van der Waals surface area contributed by atoms with Crippen LogP contribution >= 0.6 is 0 Å². The quantitative estimate of drug-likeness (QED) is 0.748. The number of esters is 1. The van der Waals surface area contributed by atoms with Crippen molar-refractivity contribution in [1.82, 2.24) is 5.32 Å². The van der Waals surface area contributed by atoms with Crippen molar-refractivity contribution in [3.8, 4) is 5.75 Å². The first-order chi connectivity index (χ1) is 9.93. The number of halogens is 1. The molecule has 21 heavy (non-hydrogen) atoms. The van der Waals surface area contributed by atoms with Gasteiger partial charge in [0.05, 0.1) is 6.10 Å². The van der Waals surface area contributed by atoms with Gasteiger partial charge in [-0.15, -0.1) is 0 Å². The standard InChI is InChI=1S/C16H24FNO3/c1-5-8-18-12(4)13-6-7-15(14(17)9-13)20-10-16(19)21-11(2)3/h6-7,9,11-12,18H,5,8,10H2,1-4H3. The molecule has 1 atom stereocenters. The molecule has 1 aromatic rings. The summed E-state index contributed by atoms with van der Waals surface area (Å²) in [7, 11) is 0. The van der Waals surface area contributed by atoms with E-state index in [0.717, 1.165) is 18.5 Å². The minimum Gasteiger partial charge on any atom is -0.479 e. The van der Waals surface area contributed by atoms with Gasteiger partial charge >= 0.3 is 5.97 Å². The molecule has 0 aromatic heterocycles. The van der Waals surface area contributed by atoms with E-state index in [1.54, 1.807) is 19.9 Å². The highest BCUT2D eigenvalue weighted by atomic mass is 19.1. The summed E-state index contributed by atoms with van der Waals surface area (Å²) in [5.41, 5.74) is 0.845. The van der Waals surface area contributed by atoms with Crippen molar-refractivity contribution < 1.29 is 18.7 Å². The molecular formula is C16H24FNO3. The highest BCUT2D eigenvalue weighted by molar-refractivity contribution is 5.71. The van der Waals surface area contributed by atoms with E-state index in [2.05, 4.69) is 12.2 Å². The largest absolute Gasteiger partial charge is 0.479 e. The minimum atomic E-state index is -0.508. The Bertz CT molecular complexity index is 463. The Morgan fingerprint density at radius 3 is 2.62 bits per heavy atom. The fourth-order valence-corrected chi connectivity index (χ4v) is 1.82. The lowest BCUT2D eigenvalue weighted by Gasteiger charge is -2.15. The second-order valence-corrected chi connectivity index (χ2v) is 5.19. The van der Waals surface area contributed by atoms with E-state index in [-0.39, 0.29) is 24.5 Å². The molecule has 4 nitrogen and oxygen atoms in total. The first-order valence-corrected chi connectivity index (χ1v) is 7.29. The Hall–Kier alpha value is -1.62. The number of hydrogen-bond donors (Lipinski definition) is 1. The maximum atomic E-state index is 13.9. The lowest BCUT2D eigenvalue weighted by atomic mass is 10.1. The summed E-state index contributed by atoms with van der Waals surface area (Å²) in [5, 5.41) is 3.29. The van der Waals surface area contributed by atoms with Crippen LogP contribution in [0.15, 0.2) is 18.2 Å². The van der Waals surface area contributed by atoms with Gasteiger partial charge in [-0.1, -0.05) is 13.0 Å². The molecule has 1 aromatic carbocycles. The van der Waals surface area contributed by atoms with Gasteiger partial charge in [-0.05, 0) is 51.4 Å². The van der Waals surface area contributed by atoms with Gasteiger partial charge in [0.25, 0.3) is 0 Å². The molecule has 0 aliphatic rings. The van der Waals surface area contributed by atoms with Crippen LogP contribution in [0.25, 0.3) is 0 Å². The van der Waals surface area contributed by atoms with Crippen LogP contribution in [-0.2, 0) is 9.53 Å². The van der Waals surface area contributed by atoms with Gasteiger partial charge in [-0.3, -0.25) is 0 Å². The molecule has 0 aliphatic carbocycles.